The van der Waals surface area contributed by atoms with Crippen LogP contribution in [0.15, 0.2) is 6.20 Å². The molecule has 14 heavy (non-hydrogen) atoms. The highest BCUT2D eigenvalue weighted by atomic mass is 32.2. The number of aryl methyl sites for hydroxylation is 1. The summed E-state index contributed by atoms with van der Waals surface area (Å²) in [6.07, 6.45) is 4.10. The summed E-state index contributed by atoms with van der Waals surface area (Å²) >= 11 is 1.93. The molecular weight excluding hydrogens is 194 g/mol. The Labute approximate surface area is 88.7 Å². The zero-order valence-corrected chi connectivity index (χ0v) is 9.23. The predicted molar refractivity (Wildman–Crippen MR) is 59.3 cm³/mol. The third-order valence-corrected chi connectivity index (χ3v) is 3.32. The Morgan fingerprint density at radius 2 is 2.43 bits per heavy atom. The maximum Gasteiger partial charge on any atom is 0.128 e. The minimum absolute atomic E-state index is 0.985. The van der Waals surface area contributed by atoms with Crippen molar-refractivity contribution >= 4 is 11.8 Å². The van der Waals surface area contributed by atoms with Crippen LogP contribution in [0.4, 0.5) is 0 Å². The van der Waals surface area contributed by atoms with Gasteiger partial charge in [-0.25, -0.2) is 9.97 Å². The van der Waals surface area contributed by atoms with Crippen LogP contribution in [0, 0.1) is 0 Å². The molecule has 3 nitrogen and oxygen atoms in total. The summed E-state index contributed by atoms with van der Waals surface area (Å²) in [5.74, 6) is 3.16. The van der Waals surface area contributed by atoms with E-state index in [1.807, 2.05) is 25.0 Å². The van der Waals surface area contributed by atoms with E-state index in [1.54, 1.807) is 0 Å². The number of nitrogens with one attached hydrogen (secondary N) is 1. The van der Waals surface area contributed by atoms with Crippen molar-refractivity contribution in [3.8, 4) is 0 Å². The fourth-order valence-electron chi connectivity index (χ4n) is 1.53. The second-order valence-electron chi connectivity index (χ2n) is 3.46. The van der Waals surface area contributed by atoms with Gasteiger partial charge in [-0.1, -0.05) is 0 Å². The molecule has 0 unspecified atom stereocenters. The van der Waals surface area contributed by atoms with Gasteiger partial charge in [0.05, 0.1) is 5.69 Å². The normalized spacial score (nSPS) is 14.4. The van der Waals surface area contributed by atoms with Gasteiger partial charge in [0, 0.05) is 29.7 Å². The number of nitrogens with zero attached hydrogens (tertiary/aromatic N) is 2. The smallest absolute Gasteiger partial charge is 0.128 e. The van der Waals surface area contributed by atoms with E-state index >= 15 is 0 Å². The third-order valence-electron chi connectivity index (χ3n) is 2.33. The van der Waals surface area contributed by atoms with Crippen molar-refractivity contribution in [2.24, 2.45) is 0 Å². The molecule has 0 amide bonds. The van der Waals surface area contributed by atoms with Crippen LogP contribution < -0.4 is 5.32 Å². The molecule has 1 aliphatic heterocycles. The minimum Gasteiger partial charge on any atom is -0.320 e. The van der Waals surface area contributed by atoms with Gasteiger partial charge in [-0.15, -0.1) is 0 Å². The number of aromatic nitrogens is 2. The Balaban J connectivity index is 1.98. The van der Waals surface area contributed by atoms with Crippen LogP contribution in [0.3, 0.4) is 0 Å². The Kier molecular flexibility index (Phi) is 3.37. The van der Waals surface area contributed by atoms with Crippen molar-refractivity contribution in [1.82, 2.24) is 15.3 Å². The van der Waals surface area contributed by atoms with Crippen LogP contribution in [-0.4, -0.2) is 23.6 Å². The fourth-order valence-corrected chi connectivity index (χ4v) is 2.54. The first kappa shape index (κ1) is 9.93. The van der Waals surface area contributed by atoms with Crippen molar-refractivity contribution < 1.29 is 0 Å². The average molecular weight is 209 g/mol. The number of fused-ring (bicyclic) bond motifs is 1. The van der Waals surface area contributed by atoms with E-state index in [-0.39, 0.29) is 0 Å². The van der Waals surface area contributed by atoms with Crippen molar-refractivity contribution in [1.29, 1.82) is 0 Å². The molecule has 0 radical (unpaired) electrons. The highest BCUT2D eigenvalue weighted by molar-refractivity contribution is 7.98. The van der Waals surface area contributed by atoms with Crippen molar-refractivity contribution in [2.75, 3.05) is 13.6 Å². The van der Waals surface area contributed by atoms with Crippen LogP contribution in [0.25, 0.3) is 0 Å². The number of rotatable bonds is 4. The lowest BCUT2D eigenvalue weighted by molar-refractivity contribution is 0.699. The van der Waals surface area contributed by atoms with Gasteiger partial charge in [0.25, 0.3) is 0 Å². The number of hydrogen-bond donors (Lipinski definition) is 1. The van der Waals surface area contributed by atoms with Gasteiger partial charge in [0.1, 0.15) is 5.82 Å². The molecular formula is C10H15N3S. The maximum absolute atomic E-state index is 4.57. The minimum atomic E-state index is 0.985. The zero-order valence-electron chi connectivity index (χ0n) is 8.42. The van der Waals surface area contributed by atoms with Crippen molar-refractivity contribution in [2.45, 2.75) is 24.3 Å². The molecule has 0 bridgehead atoms. The standard InChI is InChI=1S/C10H15N3S/c1-11-4-2-3-10-12-5-8-6-14-7-9(8)13-10/h5,11H,2-4,6-7H2,1H3. The quantitative estimate of drug-likeness (QED) is 0.760. The zero-order chi connectivity index (χ0) is 9.80. The van der Waals surface area contributed by atoms with Gasteiger partial charge < -0.3 is 5.32 Å². The van der Waals surface area contributed by atoms with Crippen LogP contribution in [0.2, 0.25) is 0 Å². The van der Waals surface area contributed by atoms with Gasteiger partial charge in [-0.2, -0.15) is 11.8 Å². The van der Waals surface area contributed by atoms with E-state index < -0.39 is 0 Å². The molecule has 0 saturated carbocycles. The largest absolute Gasteiger partial charge is 0.320 e. The van der Waals surface area contributed by atoms with Gasteiger partial charge in [-0.3, -0.25) is 0 Å². The van der Waals surface area contributed by atoms with E-state index in [2.05, 4.69) is 15.3 Å². The second-order valence-corrected chi connectivity index (χ2v) is 4.44. The molecule has 1 N–H and O–H groups in total. The maximum atomic E-state index is 4.57. The second kappa shape index (κ2) is 4.75. The molecule has 1 aromatic rings. The Morgan fingerprint density at radius 1 is 1.50 bits per heavy atom. The summed E-state index contributed by atoms with van der Waals surface area (Å²) in [7, 11) is 1.97. The molecule has 0 saturated heterocycles. The Morgan fingerprint density at radius 3 is 3.29 bits per heavy atom. The first-order valence-electron chi connectivity index (χ1n) is 4.96. The van der Waals surface area contributed by atoms with Gasteiger partial charge in [0.15, 0.2) is 0 Å². The first-order chi connectivity index (χ1) is 6.90. The summed E-state index contributed by atoms with van der Waals surface area (Å²) in [5, 5.41) is 3.13. The summed E-state index contributed by atoms with van der Waals surface area (Å²) in [4.78, 5) is 8.94. The van der Waals surface area contributed by atoms with Crippen molar-refractivity contribution in [3.63, 3.8) is 0 Å². The first-order valence-corrected chi connectivity index (χ1v) is 6.11. The van der Waals surface area contributed by atoms with Gasteiger partial charge in [-0.05, 0) is 20.0 Å². The monoisotopic (exact) mass is 209 g/mol. The summed E-state index contributed by atoms with van der Waals surface area (Å²) in [5.41, 5.74) is 2.58. The van der Waals surface area contributed by atoms with Crippen LogP contribution in [0.5, 0.6) is 0 Å². The topological polar surface area (TPSA) is 37.8 Å². The molecule has 0 aromatic carbocycles. The van der Waals surface area contributed by atoms with Crippen LogP contribution >= 0.6 is 11.8 Å². The van der Waals surface area contributed by atoms with E-state index in [9.17, 15) is 0 Å². The lowest BCUT2D eigenvalue weighted by atomic mass is 10.2. The van der Waals surface area contributed by atoms with Crippen LogP contribution in [-0.2, 0) is 17.9 Å². The molecule has 0 spiro atoms. The van der Waals surface area contributed by atoms with E-state index in [0.29, 0.717) is 0 Å². The molecule has 2 rings (SSSR count). The predicted octanol–water partition coefficient (Wildman–Crippen LogP) is 1.38. The lowest BCUT2D eigenvalue weighted by Gasteiger charge is -2.02. The Bertz CT molecular complexity index is 314. The summed E-state index contributed by atoms with van der Waals surface area (Å²) in [6.45, 7) is 1.04. The summed E-state index contributed by atoms with van der Waals surface area (Å²) < 4.78 is 0. The van der Waals surface area contributed by atoms with Gasteiger partial charge >= 0.3 is 0 Å². The number of thioether (sulfide) groups is 1. The molecule has 2 heterocycles. The summed E-state index contributed by atoms with van der Waals surface area (Å²) in [6, 6.07) is 0. The molecule has 76 valence electrons. The highest BCUT2D eigenvalue weighted by Crippen LogP contribution is 2.27. The van der Waals surface area contributed by atoms with E-state index in [0.717, 1.165) is 36.7 Å². The molecule has 0 atom stereocenters. The van der Waals surface area contributed by atoms with Crippen LogP contribution in [0.1, 0.15) is 23.5 Å². The molecule has 0 aliphatic carbocycles. The van der Waals surface area contributed by atoms with Gasteiger partial charge in [0.2, 0.25) is 0 Å². The van der Waals surface area contributed by atoms with E-state index in [4.69, 9.17) is 0 Å². The molecule has 1 aromatic heterocycles. The average Bonchev–Trinajstić information content (AvgIpc) is 2.65. The lowest BCUT2D eigenvalue weighted by Crippen LogP contribution is -2.09. The SMILES string of the molecule is CNCCCc1ncc2c(n1)CSC2. The Hall–Kier alpha value is -0.610. The van der Waals surface area contributed by atoms with Crippen molar-refractivity contribution in [3.05, 3.63) is 23.3 Å². The van der Waals surface area contributed by atoms with E-state index in [1.165, 1.54) is 11.3 Å². The third kappa shape index (κ3) is 2.25. The fraction of sp³-hybridized carbons (Fsp3) is 0.600. The molecule has 4 heteroatoms. The molecule has 0 fully saturated rings. The molecule has 1 aliphatic rings. The highest BCUT2D eigenvalue weighted by Gasteiger charge is 2.13. The number of hydrogen-bond acceptors (Lipinski definition) is 4.